The van der Waals surface area contributed by atoms with Gasteiger partial charge in [0.2, 0.25) is 10.0 Å². The summed E-state index contributed by atoms with van der Waals surface area (Å²) in [7, 11) is -3.93. The van der Waals surface area contributed by atoms with Gasteiger partial charge in [-0.3, -0.25) is 0 Å². The summed E-state index contributed by atoms with van der Waals surface area (Å²) >= 11 is 0. The van der Waals surface area contributed by atoms with Crippen LogP contribution in [-0.4, -0.2) is 21.0 Å². The SMILES string of the molecule is NCC(Cc1ccccc1)NS(=O)(=O)c1ccccc1F. The van der Waals surface area contributed by atoms with Crippen molar-refractivity contribution in [2.75, 3.05) is 6.54 Å². The van der Waals surface area contributed by atoms with Crippen molar-refractivity contribution < 1.29 is 12.8 Å². The van der Waals surface area contributed by atoms with Crippen LogP contribution in [0.15, 0.2) is 59.5 Å². The van der Waals surface area contributed by atoms with Crippen molar-refractivity contribution in [3.8, 4) is 0 Å². The molecule has 0 amide bonds. The molecule has 0 saturated carbocycles. The van der Waals surface area contributed by atoms with E-state index in [0.717, 1.165) is 11.6 Å². The third kappa shape index (κ3) is 4.10. The maximum Gasteiger partial charge on any atom is 0.243 e. The Kier molecular flexibility index (Phi) is 5.06. The predicted molar refractivity (Wildman–Crippen MR) is 79.7 cm³/mol. The Hall–Kier alpha value is -1.76. The highest BCUT2D eigenvalue weighted by Crippen LogP contribution is 2.14. The Bertz CT molecular complexity index is 690. The largest absolute Gasteiger partial charge is 0.329 e. The van der Waals surface area contributed by atoms with Crippen molar-refractivity contribution in [3.63, 3.8) is 0 Å². The lowest BCUT2D eigenvalue weighted by atomic mass is 10.1. The van der Waals surface area contributed by atoms with Crippen molar-refractivity contribution in [1.29, 1.82) is 0 Å². The molecule has 0 saturated heterocycles. The van der Waals surface area contributed by atoms with Gasteiger partial charge in [0.05, 0.1) is 0 Å². The van der Waals surface area contributed by atoms with Crippen LogP contribution in [-0.2, 0) is 16.4 Å². The lowest BCUT2D eigenvalue weighted by Gasteiger charge is -2.17. The van der Waals surface area contributed by atoms with Crippen LogP contribution in [0.1, 0.15) is 5.56 Å². The van der Waals surface area contributed by atoms with Crippen LogP contribution in [0.3, 0.4) is 0 Å². The first kappa shape index (κ1) is 15.6. The number of hydrogen-bond donors (Lipinski definition) is 2. The third-order valence-corrected chi connectivity index (χ3v) is 4.61. The van der Waals surface area contributed by atoms with Gasteiger partial charge in [0.25, 0.3) is 0 Å². The molecule has 2 aromatic rings. The first-order chi connectivity index (χ1) is 10.0. The molecule has 0 fully saturated rings. The topological polar surface area (TPSA) is 72.2 Å². The molecule has 2 aromatic carbocycles. The molecule has 0 aromatic heterocycles. The monoisotopic (exact) mass is 308 g/mol. The molecule has 112 valence electrons. The highest BCUT2D eigenvalue weighted by atomic mass is 32.2. The molecule has 0 radical (unpaired) electrons. The highest BCUT2D eigenvalue weighted by molar-refractivity contribution is 7.89. The molecular formula is C15H17FN2O2S. The van der Waals surface area contributed by atoms with Gasteiger partial charge in [0.15, 0.2) is 0 Å². The number of nitrogens with one attached hydrogen (secondary N) is 1. The summed E-state index contributed by atoms with van der Waals surface area (Å²) in [6, 6.07) is 14.2. The predicted octanol–water partition coefficient (Wildman–Crippen LogP) is 1.67. The maximum atomic E-state index is 13.6. The molecule has 6 heteroatoms. The summed E-state index contributed by atoms with van der Waals surface area (Å²) in [5, 5.41) is 0. The van der Waals surface area contributed by atoms with Gasteiger partial charge in [0, 0.05) is 12.6 Å². The van der Waals surface area contributed by atoms with Crippen molar-refractivity contribution in [2.45, 2.75) is 17.4 Å². The summed E-state index contributed by atoms with van der Waals surface area (Å²) in [5.74, 6) is -0.777. The summed E-state index contributed by atoms with van der Waals surface area (Å²) in [6.07, 6.45) is 0.449. The van der Waals surface area contributed by atoms with Crippen molar-refractivity contribution >= 4 is 10.0 Å². The molecule has 0 bridgehead atoms. The molecular weight excluding hydrogens is 291 g/mol. The molecule has 4 nitrogen and oxygen atoms in total. The molecule has 2 rings (SSSR count). The number of rotatable bonds is 6. The van der Waals surface area contributed by atoms with Gasteiger partial charge >= 0.3 is 0 Å². The van der Waals surface area contributed by atoms with E-state index in [4.69, 9.17) is 5.73 Å². The van der Waals surface area contributed by atoms with Gasteiger partial charge in [-0.2, -0.15) is 0 Å². The van der Waals surface area contributed by atoms with Crippen LogP contribution in [0.2, 0.25) is 0 Å². The van der Waals surface area contributed by atoms with E-state index in [2.05, 4.69) is 4.72 Å². The molecule has 1 atom stereocenters. The average Bonchev–Trinajstić information content (AvgIpc) is 2.47. The minimum Gasteiger partial charge on any atom is -0.329 e. The van der Waals surface area contributed by atoms with Crippen molar-refractivity contribution in [2.24, 2.45) is 5.73 Å². The van der Waals surface area contributed by atoms with Crippen molar-refractivity contribution in [3.05, 3.63) is 66.0 Å². The smallest absolute Gasteiger partial charge is 0.243 e. The molecule has 0 heterocycles. The Labute approximate surface area is 123 Å². The first-order valence-electron chi connectivity index (χ1n) is 6.54. The summed E-state index contributed by atoms with van der Waals surface area (Å²) < 4.78 is 40.5. The summed E-state index contributed by atoms with van der Waals surface area (Å²) in [5.41, 5.74) is 6.59. The zero-order chi connectivity index (χ0) is 15.3. The van der Waals surface area contributed by atoms with Gasteiger partial charge in [-0.25, -0.2) is 17.5 Å². The number of nitrogens with two attached hydrogens (primary N) is 1. The Morgan fingerprint density at radius 2 is 1.67 bits per heavy atom. The third-order valence-electron chi connectivity index (χ3n) is 3.06. The standard InChI is InChI=1S/C15H17FN2O2S/c16-14-8-4-5-9-15(14)21(19,20)18-13(11-17)10-12-6-2-1-3-7-12/h1-9,13,18H,10-11,17H2. The molecule has 0 aliphatic rings. The van der Waals surface area contributed by atoms with Crippen LogP contribution in [0.4, 0.5) is 4.39 Å². The van der Waals surface area contributed by atoms with Crippen LogP contribution < -0.4 is 10.5 Å². The second-order valence-corrected chi connectivity index (χ2v) is 6.36. The zero-order valence-corrected chi connectivity index (χ0v) is 12.2. The van der Waals surface area contributed by atoms with Gasteiger partial charge in [-0.15, -0.1) is 0 Å². The fourth-order valence-electron chi connectivity index (χ4n) is 2.02. The number of halogens is 1. The molecule has 1 unspecified atom stereocenters. The number of sulfonamides is 1. The minimum atomic E-state index is -3.93. The van der Waals surface area contributed by atoms with Gasteiger partial charge in [-0.05, 0) is 24.1 Å². The number of hydrogen-bond acceptors (Lipinski definition) is 3. The van der Waals surface area contributed by atoms with E-state index in [1.54, 1.807) is 0 Å². The maximum absolute atomic E-state index is 13.6. The van der Waals surface area contributed by atoms with Crippen LogP contribution in [0.5, 0.6) is 0 Å². The van der Waals surface area contributed by atoms with Gasteiger partial charge in [0.1, 0.15) is 10.7 Å². The summed E-state index contributed by atoms with van der Waals surface area (Å²) in [4.78, 5) is -0.364. The normalized spacial score (nSPS) is 13.0. The van der Waals surface area contributed by atoms with Crippen molar-refractivity contribution in [1.82, 2.24) is 4.72 Å². The minimum absolute atomic E-state index is 0.128. The molecule has 21 heavy (non-hydrogen) atoms. The fraction of sp³-hybridized carbons (Fsp3) is 0.200. The van der Waals surface area contributed by atoms with Crippen LogP contribution in [0, 0.1) is 5.82 Å². The van der Waals surface area contributed by atoms with Crippen LogP contribution in [0.25, 0.3) is 0 Å². The fourth-order valence-corrected chi connectivity index (χ4v) is 3.35. The summed E-state index contributed by atoms with van der Waals surface area (Å²) in [6.45, 7) is 0.128. The van der Waals surface area contributed by atoms with E-state index in [1.807, 2.05) is 30.3 Å². The molecule has 0 spiro atoms. The van der Waals surface area contributed by atoms with E-state index in [-0.39, 0.29) is 11.4 Å². The van der Waals surface area contributed by atoms with E-state index < -0.39 is 21.9 Å². The van der Waals surface area contributed by atoms with Gasteiger partial charge < -0.3 is 5.73 Å². The lowest BCUT2D eigenvalue weighted by Crippen LogP contribution is -2.41. The number of benzene rings is 2. The van der Waals surface area contributed by atoms with E-state index in [0.29, 0.717) is 6.42 Å². The molecule has 0 aliphatic carbocycles. The molecule has 0 aliphatic heterocycles. The Morgan fingerprint density at radius 1 is 1.05 bits per heavy atom. The second kappa shape index (κ2) is 6.80. The zero-order valence-electron chi connectivity index (χ0n) is 11.4. The highest BCUT2D eigenvalue weighted by Gasteiger charge is 2.22. The Morgan fingerprint density at radius 3 is 2.29 bits per heavy atom. The van der Waals surface area contributed by atoms with E-state index in [9.17, 15) is 12.8 Å². The van der Waals surface area contributed by atoms with E-state index in [1.165, 1.54) is 18.2 Å². The molecule has 3 N–H and O–H groups in total. The Balaban J connectivity index is 2.16. The van der Waals surface area contributed by atoms with Gasteiger partial charge in [-0.1, -0.05) is 42.5 Å². The first-order valence-corrected chi connectivity index (χ1v) is 8.02. The van der Waals surface area contributed by atoms with Crippen LogP contribution >= 0.6 is 0 Å². The quantitative estimate of drug-likeness (QED) is 0.853. The lowest BCUT2D eigenvalue weighted by molar-refractivity contribution is 0.534. The second-order valence-electron chi connectivity index (χ2n) is 4.67. The van der Waals surface area contributed by atoms with E-state index >= 15 is 0 Å². The average molecular weight is 308 g/mol.